The lowest BCUT2D eigenvalue weighted by molar-refractivity contribution is 0.0736. The van der Waals surface area contributed by atoms with Crippen LogP contribution in [0.25, 0.3) is 0 Å². The number of aromatic amines is 1. The maximum Gasteiger partial charge on any atom is 0.275 e. The minimum atomic E-state index is 0.102. The van der Waals surface area contributed by atoms with E-state index >= 15 is 0 Å². The van der Waals surface area contributed by atoms with Gasteiger partial charge in [0.25, 0.3) is 5.91 Å². The lowest BCUT2D eigenvalue weighted by Gasteiger charge is -2.24. The Hall–Kier alpha value is -1.58. The Bertz CT molecular complexity index is 503. The van der Waals surface area contributed by atoms with E-state index in [1.165, 1.54) is 12.1 Å². The molecule has 4 heteroatoms. The van der Waals surface area contributed by atoms with E-state index in [0.717, 1.165) is 44.2 Å². The summed E-state index contributed by atoms with van der Waals surface area (Å²) >= 11 is 0. The van der Waals surface area contributed by atoms with E-state index in [9.17, 15) is 4.79 Å². The topological polar surface area (TPSA) is 49.0 Å². The van der Waals surface area contributed by atoms with Crippen LogP contribution in [0.2, 0.25) is 0 Å². The largest absolute Gasteiger partial charge is 0.327 e. The van der Waals surface area contributed by atoms with E-state index in [4.69, 9.17) is 0 Å². The maximum absolute atomic E-state index is 12.6. The van der Waals surface area contributed by atoms with Crippen molar-refractivity contribution < 1.29 is 4.79 Å². The molecule has 1 unspecified atom stereocenters. The normalized spacial score (nSPS) is 21.1. The van der Waals surface area contributed by atoms with E-state index in [0.29, 0.717) is 5.69 Å². The molecule has 1 aliphatic carbocycles. The Balaban J connectivity index is 1.76. The first-order chi connectivity index (χ1) is 9.31. The molecule has 19 heavy (non-hydrogen) atoms. The lowest BCUT2D eigenvalue weighted by atomic mass is 10.1. The molecule has 2 heterocycles. The van der Waals surface area contributed by atoms with Crippen molar-refractivity contribution in [3.63, 3.8) is 0 Å². The molecule has 3 rings (SSSR count). The molecule has 4 nitrogen and oxygen atoms in total. The van der Waals surface area contributed by atoms with Crippen LogP contribution < -0.4 is 0 Å². The number of amides is 1. The maximum atomic E-state index is 12.6. The zero-order valence-corrected chi connectivity index (χ0v) is 11.5. The van der Waals surface area contributed by atoms with Crippen LogP contribution in [0.1, 0.15) is 54.4 Å². The number of nitrogens with one attached hydrogen (secondary N) is 1. The van der Waals surface area contributed by atoms with Gasteiger partial charge in [-0.2, -0.15) is 5.10 Å². The number of unbranched alkanes of at least 4 members (excludes halogenated alkanes) is 1. The summed E-state index contributed by atoms with van der Waals surface area (Å²) in [5.41, 5.74) is 2.99. The van der Waals surface area contributed by atoms with Gasteiger partial charge < -0.3 is 4.90 Å². The number of carbonyl (C=O) groups excluding carboxylic acids is 1. The molecule has 0 bridgehead atoms. The number of hydrogen-bond donors (Lipinski definition) is 1. The fraction of sp³-hybridized carbons (Fsp3) is 0.600. The third-order valence-electron chi connectivity index (χ3n) is 4.18. The molecule has 0 saturated heterocycles. The van der Waals surface area contributed by atoms with Crippen LogP contribution in [-0.2, 0) is 12.8 Å². The standard InChI is InChI=1S/C15H21N3O/c1-2-3-6-11-7-5-10-18(11)15(19)14-12-8-4-9-13(12)16-17-14/h5,7,11H,2-4,6,8-10H2,1H3,(H,16,17). The summed E-state index contributed by atoms with van der Waals surface area (Å²) in [5, 5.41) is 7.28. The number of hydrogen-bond acceptors (Lipinski definition) is 2. The van der Waals surface area contributed by atoms with Gasteiger partial charge in [0.1, 0.15) is 0 Å². The highest BCUT2D eigenvalue weighted by molar-refractivity contribution is 5.94. The van der Waals surface area contributed by atoms with Gasteiger partial charge in [-0.1, -0.05) is 31.9 Å². The number of rotatable bonds is 4. The first kappa shape index (κ1) is 12.5. The Morgan fingerprint density at radius 2 is 2.42 bits per heavy atom. The average molecular weight is 259 g/mol. The Kier molecular flexibility index (Phi) is 3.40. The molecular formula is C15H21N3O. The Labute approximate surface area is 113 Å². The zero-order valence-electron chi connectivity index (χ0n) is 11.5. The Morgan fingerprint density at radius 3 is 3.26 bits per heavy atom. The second kappa shape index (κ2) is 5.19. The second-order valence-corrected chi connectivity index (χ2v) is 5.48. The van der Waals surface area contributed by atoms with Crippen molar-refractivity contribution in [1.29, 1.82) is 0 Å². The van der Waals surface area contributed by atoms with Gasteiger partial charge in [0.15, 0.2) is 5.69 Å². The van der Waals surface area contributed by atoms with Crippen molar-refractivity contribution in [3.05, 3.63) is 29.1 Å². The number of carbonyl (C=O) groups is 1. The van der Waals surface area contributed by atoms with Crippen molar-refractivity contribution in [2.45, 2.75) is 51.5 Å². The molecule has 1 atom stereocenters. The Morgan fingerprint density at radius 1 is 1.53 bits per heavy atom. The SMILES string of the molecule is CCCCC1C=CCN1C(=O)c1n[nH]c2c1CCC2. The minimum absolute atomic E-state index is 0.102. The van der Waals surface area contributed by atoms with Crippen LogP contribution in [0.4, 0.5) is 0 Å². The summed E-state index contributed by atoms with van der Waals surface area (Å²) in [7, 11) is 0. The van der Waals surface area contributed by atoms with E-state index in [1.54, 1.807) is 0 Å². The molecule has 1 aromatic rings. The summed E-state index contributed by atoms with van der Waals surface area (Å²) in [6.45, 7) is 2.92. The van der Waals surface area contributed by atoms with Crippen molar-refractivity contribution in [1.82, 2.24) is 15.1 Å². The average Bonchev–Trinajstić information content (AvgIpc) is 3.10. The van der Waals surface area contributed by atoms with Crippen LogP contribution in [0.3, 0.4) is 0 Å². The second-order valence-electron chi connectivity index (χ2n) is 5.48. The predicted molar refractivity (Wildman–Crippen MR) is 74.1 cm³/mol. The smallest absolute Gasteiger partial charge is 0.275 e. The number of fused-ring (bicyclic) bond motifs is 1. The summed E-state index contributed by atoms with van der Waals surface area (Å²) < 4.78 is 0. The van der Waals surface area contributed by atoms with E-state index in [-0.39, 0.29) is 11.9 Å². The van der Waals surface area contributed by atoms with Crippen molar-refractivity contribution >= 4 is 5.91 Å². The molecule has 0 radical (unpaired) electrons. The fourth-order valence-electron chi connectivity index (χ4n) is 3.10. The summed E-state index contributed by atoms with van der Waals surface area (Å²) in [4.78, 5) is 14.6. The fourth-order valence-corrected chi connectivity index (χ4v) is 3.10. The van der Waals surface area contributed by atoms with Crippen LogP contribution in [0, 0.1) is 0 Å². The number of H-pyrrole nitrogens is 1. The van der Waals surface area contributed by atoms with Crippen molar-refractivity contribution in [2.75, 3.05) is 6.54 Å². The van der Waals surface area contributed by atoms with Gasteiger partial charge in [0.05, 0.1) is 6.04 Å². The molecule has 1 N–H and O–H groups in total. The number of aromatic nitrogens is 2. The molecule has 2 aliphatic rings. The third kappa shape index (κ3) is 2.20. The van der Waals surface area contributed by atoms with Gasteiger partial charge >= 0.3 is 0 Å². The number of aryl methyl sites for hydroxylation is 1. The minimum Gasteiger partial charge on any atom is -0.327 e. The quantitative estimate of drug-likeness (QED) is 0.844. The van der Waals surface area contributed by atoms with Gasteiger partial charge in [-0.15, -0.1) is 0 Å². The summed E-state index contributed by atoms with van der Waals surface area (Å²) in [6.07, 6.45) is 10.8. The van der Waals surface area contributed by atoms with Crippen LogP contribution >= 0.6 is 0 Å². The van der Waals surface area contributed by atoms with Crippen LogP contribution in [0.5, 0.6) is 0 Å². The third-order valence-corrected chi connectivity index (χ3v) is 4.18. The van der Waals surface area contributed by atoms with E-state index < -0.39 is 0 Å². The summed E-state index contributed by atoms with van der Waals surface area (Å²) in [5.74, 6) is 0.102. The van der Waals surface area contributed by atoms with E-state index in [1.807, 2.05) is 4.90 Å². The highest BCUT2D eigenvalue weighted by atomic mass is 16.2. The van der Waals surface area contributed by atoms with Gasteiger partial charge in [-0.3, -0.25) is 9.89 Å². The van der Waals surface area contributed by atoms with Gasteiger partial charge in [0, 0.05) is 17.8 Å². The lowest BCUT2D eigenvalue weighted by Crippen LogP contribution is -2.36. The molecule has 1 aliphatic heterocycles. The predicted octanol–water partition coefficient (Wildman–Crippen LogP) is 2.47. The molecule has 1 aromatic heterocycles. The van der Waals surface area contributed by atoms with E-state index in [2.05, 4.69) is 29.3 Å². The highest BCUT2D eigenvalue weighted by Gasteiger charge is 2.30. The molecule has 1 amide bonds. The molecule has 0 spiro atoms. The zero-order chi connectivity index (χ0) is 13.2. The molecule has 0 fully saturated rings. The molecule has 0 aromatic carbocycles. The first-order valence-electron chi connectivity index (χ1n) is 7.35. The number of nitrogens with zero attached hydrogens (tertiary/aromatic N) is 2. The van der Waals surface area contributed by atoms with Crippen molar-refractivity contribution in [2.24, 2.45) is 0 Å². The van der Waals surface area contributed by atoms with Gasteiger partial charge in [-0.25, -0.2) is 0 Å². The molecule has 102 valence electrons. The molecule has 0 saturated carbocycles. The van der Waals surface area contributed by atoms with Gasteiger partial charge in [-0.05, 0) is 25.7 Å². The first-order valence-corrected chi connectivity index (χ1v) is 7.35. The van der Waals surface area contributed by atoms with Crippen LogP contribution in [-0.4, -0.2) is 33.6 Å². The van der Waals surface area contributed by atoms with Gasteiger partial charge in [0.2, 0.25) is 0 Å². The highest BCUT2D eigenvalue weighted by Crippen LogP contribution is 2.26. The molecular weight excluding hydrogens is 238 g/mol. The van der Waals surface area contributed by atoms with Crippen LogP contribution in [0.15, 0.2) is 12.2 Å². The monoisotopic (exact) mass is 259 g/mol. The summed E-state index contributed by atoms with van der Waals surface area (Å²) in [6, 6.07) is 0.265. The van der Waals surface area contributed by atoms with Crippen molar-refractivity contribution in [3.8, 4) is 0 Å².